The second-order valence-electron chi connectivity index (χ2n) is 4.35. The smallest absolute Gasteiger partial charge is 0.272 e. The van der Waals surface area contributed by atoms with Crippen LogP contribution in [0.5, 0.6) is 5.75 Å². The van der Waals surface area contributed by atoms with E-state index in [2.05, 4.69) is 4.90 Å². The lowest BCUT2D eigenvalue weighted by Crippen LogP contribution is -2.40. The van der Waals surface area contributed by atoms with Gasteiger partial charge in [-0.3, -0.25) is 9.59 Å². The first-order valence-electron chi connectivity index (χ1n) is 5.81. The zero-order valence-corrected chi connectivity index (χ0v) is 10.9. The molecular weight excluding hydrogens is 220 g/mol. The molecule has 1 aromatic carbocycles. The fourth-order valence-corrected chi connectivity index (χ4v) is 1.72. The van der Waals surface area contributed by atoms with Crippen molar-refractivity contribution in [2.75, 3.05) is 45.7 Å². The van der Waals surface area contributed by atoms with E-state index in [1.807, 2.05) is 21.1 Å². The Kier molecular flexibility index (Phi) is 4.69. The van der Waals surface area contributed by atoms with Crippen LogP contribution in [0.3, 0.4) is 0 Å². The molecule has 0 unspecified atom stereocenters. The average molecular weight is 240 g/mol. The number of rotatable bonds is 7. The van der Waals surface area contributed by atoms with Gasteiger partial charge in [0.25, 0.3) is 10.9 Å². The van der Waals surface area contributed by atoms with Crippen LogP contribution in [-0.2, 0) is 0 Å². The maximum absolute atomic E-state index is 11.4. The molecule has 0 atom stereocenters. The van der Waals surface area contributed by atoms with E-state index in [4.69, 9.17) is 4.74 Å². The molecule has 0 fully saturated rings. The Morgan fingerprint density at radius 1 is 1.06 bits per heavy atom. The van der Waals surface area contributed by atoms with Gasteiger partial charge in [-0.15, -0.1) is 0 Å². The summed E-state index contributed by atoms with van der Waals surface area (Å²) in [6.07, 6.45) is 0.938. The highest BCUT2D eigenvalue weighted by Gasteiger charge is 2.25. The molecule has 0 aliphatic heterocycles. The predicted octanol–water partition coefficient (Wildman–Crippen LogP) is 0.0692. The van der Waals surface area contributed by atoms with Crippen LogP contribution in [-0.4, -0.2) is 45.7 Å². The molecule has 0 aliphatic rings. The Morgan fingerprint density at radius 2 is 1.71 bits per heavy atom. The third kappa shape index (κ3) is 3.06. The summed E-state index contributed by atoms with van der Waals surface area (Å²) in [5.41, 5.74) is -0.502. The van der Waals surface area contributed by atoms with E-state index in [1.54, 1.807) is 11.8 Å². The van der Waals surface area contributed by atoms with Crippen LogP contribution in [0.15, 0.2) is 9.59 Å². The molecule has 0 aliphatic carbocycles. The third-order valence-corrected chi connectivity index (χ3v) is 2.61. The summed E-state index contributed by atoms with van der Waals surface area (Å²) in [4.78, 5) is 26.6. The molecule has 96 valence electrons. The summed E-state index contributed by atoms with van der Waals surface area (Å²) in [6.45, 7) is 3.89. The maximum atomic E-state index is 11.4. The number of hydrogen-bond acceptors (Lipinski definition) is 5. The van der Waals surface area contributed by atoms with Gasteiger partial charge >= 0.3 is 0 Å². The number of nitrogens with zero attached hydrogens (tertiary/aromatic N) is 2. The highest BCUT2D eigenvalue weighted by atomic mass is 16.5. The lowest BCUT2D eigenvalue weighted by Gasteiger charge is -2.23. The minimum absolute atomic E-state index is 0.227. The lowest BCUT2D eigenvalue weighted by molar-refractivity contribution is 0.333. The van der Waals surface area contributed by atoms with Gasteiger partial charge in [0, 0.05) is 13.6 Å². The van der Waals surface area contributed by atoms with E-state index in [-0.39, 0.29) is 5.75 Å². The third-order valence-electron chi connectivity index (χ3n) is 2.61. The van der Waals surface area contributed by atoms with Gasteiger partial charge in [0.2, 0.25) is 0 Å². The minimum atomic E-state index is -0.499. The highest BCUT2D eigenvalue weighted by Crippen LogP contribution is 2.21. The zero-order valence-electron chi connectivity index (χ0n) is 10.9. The largest absolute Gasteiger partial charge is 0.488 e. The van der Waals surface area contributed by atoms with Crippen LogP contribution in [0.25, 0.3) is 0 Å². The van der Waals surface area contributed by atoms with Crippen molar-refractivity contribution in [1.29, 1.82) is 0 Å². The number of anilines is 1. The van der Waals surface area contributed by atoms with E-state index in [0.29, 0.717) is 12.3 Å². The first-order valence-corrected chi connectivity index (χ1v) is 5.81. The van der Waals surface area contributed by atoms with Crippen molar-refractivity contribution in [2.24, 2.45) is 0 Å². The summed E-state index contributed by atoms with van der Waals surface area (Å²) in [5, 5.41) is 0. The monoisotopic (exact) mass is 240 g/mol. The molecule has 0 saturated heterocycles. The minimum Gasteiger partial charge on any atom is -0.488 e. The molecule has 0 radical (unpaired) electrons. The SMILES string of the molecule is CCOc1c(N(C)CCCN(C)C)c(=O)c1=O. The molecule has 0 saturated carbocycles. The van der Waals surface area contributed by atoms with Crippen molar-refractivity contribution in [1.82, 2.24) is 4.90 Å². The molecular formula is C12H20N2O3. The van der Waals surface area contributed by atoms with Gasteiger partial charge in [0.15, 0.2) is 5.75 Å². The lowest BCUT2D eigenvalue weighted by atomic mass is 10.2. The van der Waals surface area contributed by atoms with Gasteiger partial charge in [0.05, 0.1) is 6.61 Å². The Labute approximate surface area is 101 Å². The standard InChI is InChI=1S/C12H20N2O3/c1-5-17-12-9(10(15)11(12)16)14(4)8-6-7-13(2)3/h5-8H2,1-4H3. The maximum Gasteiger partial charge on any atom is 0.272 e. The van der Waals surface area contributed by atoms with Crippen LogP contribution in [0.4, 0.5) is 5.69 Å². The Balaban J connectivity index is 2.63. The van der Waals surface area contributed by atoms with E-state index >= 15 is 0 Å². The van der Waals surface area contributed by atoms with Gasteiger partial charge < -0.3 is 14.5 Å². The van der Waals surface area contributed by atoms with Gasteiger partial charge in [-0.1, -0.05) is 0 Å². The Morgan fingerprint density at radius 3 is 2.24 bits per heavy atom. The van der Waals surface area contributed by atoms with Crippen LogP contribution in [0, 0.1) is 0 Å². The quantitative estimate of drug-likeness (QED) is 0.631. The summed E-state index contributed by atoms with van der Waals surface area (Å²) in [6, 6.07) is 0. The second-order valence-corrected chi connectivity index (χ2v) is 4.35. The van der Waals surface area contributed by atoms with Crippen molar-refractivity contribution in [3.05, 3.63) is 20.4 Å². The van der Waals surface area contributed by atoms with Gasteiger partial charge in [-0.2, -0.15) is 0 Å². The van der Waals surface area contributed by atoms with E-state index in [1.165, 1.54) is 0 Å². The number of hydrogen-bond donors (Lipinski definition) is 0. The highest BCUT2D eigenvalue weighted by molar-refractivity contribution is 5.63. The zero-order chi connectivity index (χ0) is 13.0. The molecule has 1 rings (SSSR count). The van der Waals surface area contributed by atoms with Crippen molar-refractivity contribution in [3.8, 4) is 5.75 Å². The molecule has 0 spiro atoms. The molecule has 0 heterocycles. The van der Waals surface area contributed by atoms with E-state index in [9.17, 15) is 9.59 Å². The van der Waals surface area contributed by atoms with Crippen LogP contribution in [0.1, 0.15) is 13.3 Å². The summed E-state index contributed by atoms with van der Waals surface area (Å²) in [5.74, 6) is 0.227. The molecule has 17 heavy (non-hydrogen) atoms. The topological polar surface area (TPSA) is 49.9 Å². The van der Waals surface area contributed by atoms with E-state index < -0.39 is 10.9 Å². The fraction of sp³-hybridized carbons (Fsp3) is 0.667. The van der Waals surface area contributed by atoms with Crippen molar-refractivity contribution >= 4 is 5.69 Å². The van der Waals surface area contributed by atoms with Crippen molar-refractivity contribution < 1.29 is 4.74 Å². The fourth-order valence-electron chi connectivity index (χ4n) is 1.72. The molecule has 5 heteroatoms. The van der Waals surface area contributed by atoms with Crippen LogP contribution >= 0.6 is 0 Å². The second kappa shape index (κ2) is 5.82. The Bertz CT molecular complexity index is 433. The first kappa shape index (κ1) is 13.7. The van der Waals surface area contributed by atoms with Gasteiger partial charge in [-0.25, -0.2) is 0 Å². The normalized spacial score (nSPS) is 11.1. The van der Waals surface area contributed by atoms with Gasteiger partial charge in [-0.05, 0) is 34.0 Å². The number of ether oxygens (including phenoxy) is 1. The Hall–Kier alpha value is -1.36. The van der Waals surface area contributed by atoms with Crippen LogP contribution in [0.2, 0.25) is 0 Å². The average Bonchev–Trinajstić information content (AvgIpc) is 2.27. The summed E-state index contributed by atoms with van der Waals surface area (Å²) >= 11 is 0. The summed E-state index contributed by atoms with van der Waals surface area (Å²) < 4.78 is 5.18. The van der Waals surface area contributed by atoms with Crippen molar-refractivity contribution in [2.45, 2.75) is 13.3 Å². The van der Waals surface area contributed by atoms with Crippen LogP contribution < -0.4 is 20.5 Å². The summed E-state index contributed by atoms with van der Waals surface area (Å²) in [7, 11) is 5.82. The molecule has 0 bridgehead atoms. The molecule has 1 aromatic rings. The molecule has 0 aromatic heterocycles. The van der Waals surface area contributed by atoms with E-state index in [0.717, 1.165) is 19.5 Å². The predicted molar refractivity (Wildman–Crippen MR) is 69.0 cm³/mol. The van der Waals surface area contributed by atoms with Gasteiger partial charge in [0.1, 0.15) is 5.69 Å². The molecule has 0 N–H and O–H groups in total. The first-order chi connectivity index (χ1) is 7.99. The molecule has 5 nitrogen and oxygen atoms in total. The molecule has 0 amide bonds. The van der Waals surface area contributed by atoms with Crippen molar-refractivity contribution in [3.63, 3.8) is 0 Å².